The quantitative estimate of drug-likeness (QED) is 0.376. The molecular weight excluding hydrogens is 438 g/mol. The van der Waals surface area contributed by atoms with E-state index in [2.05, 4.69) is 27.5 Å². The molecule has 1 heterocycles. The van der Waals surface area contributed by atoms with Gasteiger partial charge in [0, 0.05) is 37.1 Å². The lowest BCUT2D eigenvalue weighted by molar-refractivity contribution is 0.606. The topological polar surface area (TPSA) is 49.3 Å². The Bertz CT molecular complexity index is 645. The lowest BCUT2D eigenvalue weighted by atomic mass is 10.1. The van der Waals surface area contributed by atoms with Crippen molar-refractivity contribution in [2.24, 2.45) is 4.99 Å². The van der Waals surface area contributed by atoms with Gasteiger partial charge >= 0.3 is 0 Å². The molecule has 7 heteroatoms. The number of halogens is 2. The summed E-state index contributed by atoms with van der Waals surface area (Å²) in [5, 5.41) is 7.55. The van der Waals surface area contributed by atoms with Crippen LogP contribution in [0.4, 0.5) is 4.39 Å². The molecule has 132 valence electrons. The Balaban J connectivity index is 0.00000288. The van der Waals surface area contributed by atoms with E-state index in [1.165, 1.54) is 10.9 Å². The van der Waals surface area contributed by atoms with Gasteiger partial charge in [0.25, 0.3) is 0 Å². The van der Waals surface area contributed by atoms with E-state index < -0.39 is 0 Å². The van der Waals surface area contributed by atoms with Crippen molar-refractivity contribution in [3.05, 3.63) is 51.7 Å². The van der Waals surface area contributed by atoms with Crippen LogP contribution in [0.15, 0.2) is 35.5 Å². The number of benzene rings is 1. The first-order valence-corrected chi connectivity index (χ1v) is 8.67. The Labute approximate surface area is 164 Å². The average Bonchev–Trinajstić information content (AvgIpc) is 2.94. The first-order valence-electron chi connectivity index (χ1n) is 7.86. The van der Waals surface area contributed by atoms with Crippen LogP contribution in [0.3, 0.4) is 0 Å². The van der Waals surface area contributed by atoms with Crippen molar-refractivity contribution in [3.63, 3.8) is 0 Å². The summed E-state index contributed by atoms with van der Waals surface area (Å²) in [6.45, 7) is 6.20. The maximum atomic E-state index is 13.6. The van der Waals surface area contributed by atoms with Gasteiger partial charge in [-0.05, 0) is 31.9 Å². The smallest absolute Gasteiger partial charge is 0.191 e. The molecule has 0 aliphatic carbocycles. The van der Waals surface area contributed by atoms with Crippen LogP contribution in [0, 0.1) is 12.7 Å². The van der Waals surface area contributed by atoms with Crippen LogP contribution in [0.1, 0.15) is 22.4 Å². The highest BCUT2D eigenvalue weighted by molar-refractivity contribution is 14.0. The van der Waals surface area contributed by atoms with Gasteiger partial charge in [0.05, 0.1) is 5.01 Å². The molecule has 4 nitrogen and oxygen atoms in total. The van der Waals surface area contributed by atoms with Crippen LogP contribution >= 0.6 is 35.3 Å². The molecule has 0 aliphatic heterocycles. The summed E-state index contributed by atoms with van der Waals surface area (Å²) in [5.41, 5.74) is 0.717. The van der Waals surface area contributed by atoms with Gasteiger partial charge in [0.15, 0.2) is 5.96 Å². The van der Waals surface area contributed by atoms with Crippen molar-refractivity contribution in [3.8, 4) is 0 Å². The van der Waals surface area contributed by atoms with Crippen molar-refractivity contribution >= 4 is 41.3 Å². The Morgan fingerprint density at radius 1 is 1.25 bits per heavy atom. The van der Waals surface area contributed by atoms with Crippen molar-refractivity contribution < 1.29 is 4.39 Å². The molecule has 0 saturated carbocycles. The molecule has 0 fully saturated rings. The standard InChI is InChI=1S/C17H23FN4S.HI/c1-3-19-17(21-11-9-16-22-12-13(2)23-16)20-10-8-14-6-4-5-7-15(14)18;/h4-7,12H,3,8-11H2,1-2H3,(H2,19,20,21);1H. The van der Waals surface area contributed by atoms with Gasteiger partial charge in [-0.2, -0.15) is 0 Å². The van der Waals surface area contributed by atoms with Gasteiger partial charge in [-0.3, -0.25) is 4.99 Å². The number of hydrogen-bond donors (Lipinski definition) is 2. The fourth-order valence-electron chi connectivity index (χ4n) is 2.14. The molecule has 0 unspecified atom stereocenters. The fraction of sp³-hybridized carbons (Fsp3) is 0.412. The molecule has 0 saturated heterocycles. The fourth-order valence-corrected chi connectivity index (χ4v) is 2.91. The molecule has 1 aromatic carbocycles. The van der Waals surface area contributed by atoms with E-state index in [0.717, 1.165) is 23.9 Å². The number of guanidine groups is 1. The Morgan fingerprint density at radius 2 is 2.04 bits per heavy atom. The van der Waals surface area contributed by atoms with Gasteiger partial charge in [-0.15, -0.1) is 35.3 Å². The van der Waals surface area contributed by atoms with E-state index in [-0.39, 0.29) is 29.8 Å². The van der Waals surface area contributed by atoms with Gasteiger partial charge in [0.2, 0.25) is 0 Å². The lowest BCUT2D eigenvalue weighted by Crippen LogP contribution is -2.38. The molecular formula is C17H24FIN4S. The van der Waals surface area contributed by atoms with E-state index in [9.17, 15) is 4.39 Å². The van der Waals surface area contributed by atoms with Crippen LogP contribution in [0.25, 0.3) is 0 Å². The second-order valence-electron chi connectivity index (χ2n) is 5.14. The Morgan fingerprint density at radius 3 is 2.71 bits per heavy atom. The summed E-state index contributed by atoms with van der Waals surface area (Å²) in [6, 6.07) is 6.86. The highest BCUT2D eigenvalue weighted by atomic mass is 127. The molecule has 24 heavy (non-hydrogen) atoms. The van der Waals surface area contributed by atoms with Crippen LogP contribution in [0.2, 0.25) is 0 Å². The predicted octanol–water partition coefficient (Wildman–Crippen LogP) is 3.55. The maximum absolute atomic E-state index is 13.6. The van der Waals surface area contributed by atoms with Gasteiger partial charge in [-0.25, -0.2) is 9.37 Å². The second-order valence-corrected chi connectivity index (χ2v) is 6.46. The number of nitrogens with one attached hydrogen (secondary N) is 2. The van der Waals surface area contributed by atoms with Crippen LogP contribution < -0.4 is 10.6 Å². The summed E-state index contributed by atoms with van der Waals surface area (Å²) in [7, 11) is 0. The highest BCUT2D eigenvalue weighted by Crippen LogP contribution is 2.11. The Hall–Kier alpha value is -1.22. The molecule has 0 atom stereocenters. The number of nitrogens with zero attached hydrogens (tertiary/aromatic N) is 2. The monoisotopic (exact) mass is 462 g/mol. The third-order valence-corrected chi connectivity index (χ3v) is 4.23. The summed E-state index contributed by atoms with van der Waals surface area (Å²) < 4.78 is 13.6. The highest BCUT2D eigenvalue weighted by Gasteiger charge is 2.02. The van der Waals surface area contributed by atoms with E-state index in [4.69, 9.17) is 0 Å². The zero-order valence-corrected chi connectivity index (χ0v) is 17.2. The normalized spacial score (nSPS) is 11.0. The molecule has 2 N–H and O–H groups in total. The van der Waals surface area contributed by atoms with E-state index >= 15 is 0 Å². The summed E-state index contributed by atoms with van der Waals surface area (Å²) in [5.74, 6) is 0.604. The van der Waals surface area contributed by atoms with E-state index in [1.54, 1.807) is 17.4 Å². The minimum Gasteiger partial charge on any atom is -0.357 e. The van der Waals surface area contributed by atoms with Crippen molar-refractivity contribution in [2.45, 2.75) is 26.7 Å². The molecule has 2 rings (SSSR count). The first-order chi connectivity index (χ1) is 11.2. The minimum absolute atomic E-state index is 0. The van der Waals surface area contributed by atoms with Crippen molar-refractivity contribution in [1.82, 2.24) is 15.6 Å². The largest absolute Gasteiger partial charge is 0.357 e. The molecule has 0 amide bonds. The van der Waals surface area contributed by atoms with Gasteiger partial charge in [-0.1, -0.05) is 18.2 Å². The summed E-state index contributed by atoms with van der Waals surface area (Å²) >= 11 is 1.71. The second kappa shape index (κ2) is 11.4. The summed E-state index contributed by atoms with van der Waals surface area (Å²) in [6.07, 6.45) is 3.35. The van der Waals surface area contributed by atoms with Crippen LogP contribution in [0.5, 0.6) is 0 Å². The number of aromatic nitrogens is 1. The third kappa shape index (κ3) is 7.12. The van der Waals surface area contributed by atoms with Crippen LogP contribution in [-0.4, -0.2) is 30.6 Å². The maximum Gasteiger partial charge on any atom is 0.191 e. The number of aryl methyl sites for hydroxylation is 1. The van der Waals surface area contributed by atoms with Crippen molar-refractivity contribution in [1.29, 1.82) is 0 Å². The van der Waals surface area contributed by atoms with Crippen LogP contribution in [-0.2, 0) is 12.8 Å². The molecule has 0 bridgehead atoms. The van der Waals surface area contributed by atoms with Gasteiger partial charge < -0.3 is 10.6 Å². The molecule has 0 aliphatic rings. The molecule has 1 aromatic heterocycles. The Kier molecular flexibility index (Phi) is 9.85. The summed E-state index contributed by atoms with van der Waals surface area (Å²) in [4.78, 5) is 10.1. The zero-order chi connectivity index (χ0) is 16.5. The number of hydrogen-bond acceptors (Lipinski definition) is 3. The molecule has 0 radical (unpaired) electrons. The molecule has 0 spiro atoms. The minimum atomic E-state index is -0.157. The third-order valence-electron chi connectivity index (χ3n) is 3.25. The van der Waals surface area contributed by atoms with Gasteiger partial charge in [0.1, 0.15) is 5.82 Å². The first kappa shape index (κ1) is 20.8. The SMILES string of the molecule is CCNC(=NCCc1ncc(C)s1)NCCc1ccccc1F.I. The zero-order valence-electron chi connectivity index (χ0n) is 14.0. The number of rotatable bonds is 7. The molecule has 2 aromatic rings. The van der Waals surface area contributed by atoms with Crippen molar-refractivity contribution in [2.75, 3.05) is 19.6 Å². The predicted molar refractivity (Wildman–Crippen MR) is 110 cm³/mol. The number of thiazole rings is 1. The van der Waals surface area contributed by atoms with E-state index in [0.29, 0.717) is 25.1 Å². The average molecular weight is 462 g/mol. The number of aliphatic imine (C=N–C) groups is 1. The van der Waals surface area contributed by atoms with E-state index in [1.807, 2.05) is 25.3 Å². The lowest BCUT2D eigenvalue weighted by Gasteiger charge is -2.11.